The van der Waals surface area contributed by atoms with Gasteiger partial charge in [-0.15, -0.1) is 0 Å². The van der Waals surface area contributed by atoms with Crippen LogP contribution in [0, 0.1) is 11.3 Å². The number of nitrogens with two attached hydrogens (primary N) is 1. The monoisotopic (exact) mass is 451 g/mol. The lowest BCUT2D eigenvalue weighted by atomic mass is 9.80. The highest BCUT2D eigenvalue weighted by Crippen LogP contribution is 2.44. The molecule has 0 aliphatic carbocycles. The Hall–Kier alpha value is -2.71. The molecular formula is C25H23Cl2N3O. The van der Waals surface area contributed by atoms with E-state index < -0.39 is 0 Å². The largest absolute Gasteiger partial charge is 0.440 e. The molecule has 2 aromatic rings. The zero-order chi connectivity index (χ0) is 22.0. The number of allylic oxidation sites excluding steroid dienone is 1. The highest BCUT2D eigenvalue weighted by molar-refractivity contribution is 6.30. The van der Waals surface area contributed by atoms with Crippen molar-refractivity contribution in [3.63, 3.8) is 0 Å². The van der Waals surface area contributed by atoms with E-state index >= 15 is 0 Å². The molecule has 0 radical (unpaired) electrons. The molecule has 0 spiro atoms. The van der Waals surface area contributed by atoms with Crippen molar-refractivity contribution in [2.45, 2.75) is 19.3 Å². The first-order valence-corrected chi connectivity index (χ1v) is 11.0. The Balaban J connectivity index is 1.85. The maximum Gasteiger partial charge on any atom is 0.205 e. The Bertz CT molecular complexity index is 1110. The van der Waals surface area contributed by atoms with Crippen molar-refractivity contribution in [2.24, 2.45) is 5.73 Å². The summed E-state index contributed by atoms with van der Waals surface area (Å²) in [4.78, 5) is 2.38. The van der Waals surface area contributed by atoms with Crippen molar-refractivity contribution in [2.75, 3.05) is 19.6 Å². The quantitative estimate of drug-likeness (QED) is 0.631. The van der Waals surface area contributed by atoms with Crippen LogP contribution in [0.25, 0.3) is 6.08 Å². The van der Waals surface area contributed by atoms with Gasteiger partial charge in [0.1, 0.15) is 17.4 Å². The molecule has 2 N–H and O–H groups in total. The first-order valence-electron chi connectivity index (χ1n) is 10.2. The van der Waals surface area contributed by atoms with Gasteiger partial charge in [-0.1, -0.05) is 54.4 Å². The normalized spacial score (nSPS) is 20.5. The molecule has 6 heteroatoms. The summed E-state index contributed by atoms with van der Waals surface area (Å²) < 4.78 is 6.07. The van der Waals surface area contributed by atoms with Crippen LogP contribution in [0.1, 0.15) is 30.4 Å². The second kappa shape index (κ2) is 9.20. The predicted octanol–water partition coefficient (Wildman–Crippen LogP) is 5.86. The highest BCUT2D eigenvalue weighted by Gasteiger charge is 2.37. The molecule has 2 aromatic carbocycles. The van der Waals surface area contributed by atoms with Crippen LogP contribution >= 0.6 is 23.2 Å². The summed E-state index contributed by atoms with van der Waals surface area (Å²) in [6, 6.07) is 17.6. The van der Waals surface area contributed by atoms with Crippen molar-refractivity contribution < 1.29 is 4.74 Å². The van der Waals surface area contributed by atoms with Crippen LogP contribution in [-0.2, 0) is 4.74 Å². The zero-order valence-corrected chi connectivity index (χ0v) is 18.7. The Labute approximate surface area is 192 Å². The van der Waals surface area contributed by atoms with Crippen molar-refractivity contribution in [1.29, 1.82) is 5.26 Å². The van der Waals surface area contributed by atoms with Crippen LogP contribution in [0.5, 0.6) is 0 Å². The topological polar surface area (TPSA) is 62.3 Å². The van der Waals surface area contributed by atoms with Crippen molar-refractivity contribution in [1.82, 2.24) is 4.90 Å². The molecular weight excluding hydrogens is 429 g/mol. The van der Waals surface area contributed by atoms with Gasteiger partial charge in [0.15, 0.2) is 0 Å². The summed E-state index contributed by atoms with van der Waals surface area (Å²) in [6.45, 7) is 4.58. The van der Waals surface area contributed by atoms with Gasteiger partial charge in [0.25, 0.3) is 0 Å². The number of nitrogens with zero attached hydrogens (tertiary/aromatic N) is 2. The lowest BCUT2D eigenvalue weighted by molar-refractivity contribution is 0.234. The number of nitriles is 1. The first kappa shape index (κ1) is 21.5. The fourth-order valence-corrected chi connectivity index (χ4v) is 4.46. The molecule has 4 rings (SSSR count). The maximum absolute atomic E-state index is 9.88. The van der Waals surface area contributed by atoms with E-state index in [0.29, 0.717) is 22.2 Å². The van der Waals surface area contributed by atoms with Crippen molar-refractivity contribution in [3.8, 4) is 6.07 Å². The minimum Gasteiger partial charge on any atom is -0.440 e. The lowest BCUT2D eigenvalue weighted by Gasteiger charge is -2.38. The van der Waals surface area contributed by atoms with E-state index in [1.807, 2.05) is 48.5 Å². The molecule has 2 heterocycles. The van der Waals surface area contributed by atoms with Gasteiger partial charge in [-0.05, 0) is 60.0 Å². The van der Waals surface area contributed by atoms with Gasteiger partial charge >= 0.3 is 0 Å². The van der Waals surface area contributed by atoms with E-state index in [-0.39, 0.29) is 11.8 Å². The van der Waals surface area contributed by atoms with E-state index in [1.165, 1.54) is 0 Å². The minimum absolute atomic E-state index is 0.159. The molecule has 0 saturated carbocycles. The summed E-state index contributed by atoms with van der Waals surface area (Å²) in [5, 5.41) is 11.2. The van der Waals surface area contributed by atoms with E-state index in [1.54, 1.807) is 0 Å². The third-order valence-electron chi connectivity index (χ3n) is 5.56. The third-order valence-corrected chi connectivity index (χ3v) is 6.06. The van der Waals surface area contributed by atoms with Gasteiger partial charge in [0, 0.05) is 28.7 Å². The number of ether oxygens (including phenoxy) is 1. The average molecular weight is 452 g/mol. The average Bonchev–Trinajstić information content (AvgIpc) is 2.76. The summed E-state index contributed by atoms with van der Waals surface area (Å²) in [5.74, 6) is 0.658. The van der Waals surface area contributed by atoms with Gasteiger partial charge in [0.2, 0.25) is 5.88 Å². The van der Waals surface area contributed by atoms with Crippen LogP contribution in [0.15, 0.2) is 76.9 Å². The molecule has 2 aliphatic heterocycles. The van der Waals surface area contributed by atoms with Crippen molar-refractivity contribution in [3.05, 3.63) is 98.1 Å². The van der Waals surface area contributed by atoms with Crippen LogP contribution in [0.3, 0.4) is 0 Å². The second-order valence-corrected chi connectivity index (χ2v) is 8.64. The van der Waals surface area contributed by atoms with E-state index in [9.17, 15) is 5.26 Å². The van der Waals surface area contributed by atoms with Gasteiger partial charge < -0.3 is 10.5 Å². The minimum atomic E-state index is -0.265. The molecule has 2 aliphatic rings. The fourth-order valence-electron chi connectivity index (χ4n) is 4.21. The number of halogens is 2. The van der Waals surface area contributed by atoms with Crippen LogP contribution in [0.4, 0.5) is 0 Å². The summed E-state index contributed by atoms with van der Waals surface area (Å²) in [5.41, 5.74) is 10.8. The smallest absolute Gasteiger partial charge is 0.205 e. The summed E-state index contributed by atoms with van der Waals surface area (Å²) in [6.07, 6.45) is 3.14. The second-order valence-electron chi connectivity index (χ2n) is 7.76. The molecule has 158 valence electrons. The molecule has 0 unspecified atom stereocenters. The summed E-state index contributed by atoms with van der Waals surface area (Å²) >= 11 is 12.2. The molecule has 0 aromatic heterocycles. The highest BCUT2D eigenvalue weighted by atomic mass is 35.5. The molecule has 0 amide bonds. The van der Waals surface area contributed by atoms with Gasteiger partial charge in [-0.25, -0.2) is 0 Å². The van der Waals surface area contributed by atoms with Gasteiger partial charge in [-0.3, -0.25) is 4.90 Å². The molecule has 0 saturated heterocycles. The van der Waals surface area contributed by atoms with E-state index in [2.05, 4.69) is 24.0 Å². The zero-order valence-electron chi connectivity index (χ0n) is 17.2. The van der Waals surface area contributed by atoms with Crippen LogP contribution < -0.4 is 5.73 Å². The number of hydrogen-bond donors (Lipinski definition) is 1. The lowest BCUT2D eigenvalue weighted by Crippen LogP contribution is -2.38. The number of hydrogen-bond acceptors (Lipinski definition) is 4. The Morgan fingerprint density at radius 2 is 1.74 bits per heavy atom. The molecule has 4 nitrogen and oxygen atoms in total. The Morgan fingerprint density at radius 3 is 2.35 bits per heavy atom. The maximum atomic E-state index is 9.88. The number of benzene rings is 2. The van der Waals surface area contributed by atoms with Crippen LogP contribution in [0.2, 0.25) is 10.0 Å². The van der Waals surface area contributed by atoms with Crippen molar-refractivity contribution >= 4 is 29.3 Å². The SMILES string of the molecule is CCCN1CC2=C(OC(N)=C(C#N)[C@@H]2c2ccc(Cl)cc2)/C(=C/c2ccc(Cl)cc2)C1. The molecule has 0 bridgehead atoms. The first-order chi connectivity index (χ1) is 15.0. The van der Waals surface area contributed by atoms with E-state index in [4.69, 9.17) is 33.7 Å². The Kier molecular flexibility index (Phi) is 6.38. The Morgan fingerprint density at radius 1 is 1.10 bits per heavy atom. The van der Waals surface area contributed by atoms with Crippen LogP contribution in [-0.4, -0.2) is 24.5 Å². The molecule has 0 fully saturated rings. The molecule has 31 heavy (non-hydrogen) atoms. The van der Waals surface area contributed by atoms with Gasteiger partial charge in [-0.2, -0.15) is 5.26 Å². The van der Waals surface area contributed by atoms with E-state index in [0.717, 1.165) is 47.5 Å². The molecule has 1 atom stereocenters. The third kappa shape index (κ3) is 4.50. The predicted molar refractivity (Wildman–Crippen MR) is 125 cm³/mol. The van der Waals surface area contributed by atoms with Gasteiger partial charge in [0.05, 0.1) is 5.92 Å². The summed E-state index contributed by atoms with van der Waals surface area (Å²) in [7, 11) is 0. The fraction of sp³-hybridized carbons (Fsp3) is 0.240. The number of rotatable bonds is 4. The standard InChI is InChI=1S/C25H23Cl2N3O/c1-2-11-30-14-18(12-16-3-7-19(26)8-4-16)24-22(15-30)23(21(13-28)25(29)31-24)17-5-9-20(27)10-6-17/h3-10,12,23H,2,11,14-15,29H2,1H3/b18-12+/t23-/m0/s1.